The number of nitrogens with zero attached hydrogens (tertiary/aromatic N) is 4. The number of nitrogens with two attached hydrogens (primary N) is 1. The molecule has 1 aromatic carbocycles. The van der Waals surface area contributed by atoms with Gasteiger partial charge in [-0.1, -0.05) is 0 Å². The number of benzene rings is 1. The molecule has 0 bridgehead atoms. The first-order valence-corrected chi connectivity index (χ1v) is 7.59. The van der Waals surface area contributed by atoms with Crippen molar-refractivity contribution in [3.05, 3.63) is 60.8 Å². The molecule has 0 fully saturated rings. The number of amides is 1. The molecule has 7 heteroatoms. The maximum Gasteiger partial charge on any atom is 2.00 e. The molecule has 0 saturated heterocycles. The van der Waals surface area contributed by atoms with Crippen LogP contribution in [0.3, 0.4) is 0 Å². The molecular formula is C18H21CrN5O. The first-order valence-electron chi connectivity index (χ1n) is 7.59. The van der Waals surface area contributed by atoms with Crippen molar-refractivity contribution < 1.29 is 22.2 Å². The van der Waals surface area contributed by atoms with Gasteiger partial charge in [0.25, 0.3) is 0 Å². The maximum atomic E-state index is 12.2. The molecule has 1 amide bonds. The minimum atomic E-state index is -0.137. The van der Waals surface area contributed by atoms with Crippen molar-refractivity contribution in [1.29, 1.82) is 0 Å². The number of aryl methyl sites for hydroxylation is 1. The van der Waals surface area contributed by atoms with Gasteiger partial charge in [0.1, 0.15) is 0 Å². The number of carbonyl (C=O) groups is 1. The average Bonchev–Trinajstić information content (AvgIpc) is 2.59. The van der Waals surface area contributed by atoms with E-state index in [1.807, 2.05) is 13.8 Å². The summed E-state index contributed by atoms with van der Waals surface area (Å²) in [5, 5.41) is 0. The van der Waals surface area contributed by atoms with Crippen molar-refractivity contribution in [2.75, 3.05) is 12.3 Å². The minimum absolute atomic E-state index is 0. The third-order valence-corrected chi connectivity index (χ3v) is 3.39. The van der Waals surface area contributed by atoms with E-state index in [1.165, 1.54) is 4.90 Å². The Kier molecular flexibility index (Phi) is 8.13. The number of carbonyl (C=O) groups excluding carboxylic acids is 1. The zero-order valence-electron chi connectivity index (χ0n) is 14.3. The molecule has 0 spiro atoms. The van der Waals surface area contributed by atoms with Gasteiger partial charge in [-0.15, -0.1) is 12.6 Å². The number of nitrogen functional groups attached to an aromatic ring is 1. The molecule has 2 aromatic rings. The van der Waals surface area contributed by atoms with Gasteiger partial charge < -0.3 is 16.6 Å². The largest absolute Gasteiger partial charge is 2.00 e. The molecule has 2 N–H and O–H groups in total. The van der Waals surface area contributed by atoms with Crippen LogP contribution in [-0.2, 0) is 17.4 Å². The van der Waals surface area contributed by atoms with Gasteiger partial charge in [0.15, 0.2) is 0 Å². The molecule has 0 radical (unpaired) electrons. The van der Waals surface area contributed by atoms with Gasteiger partial charge in [0.2, 0.25) is 11.9 Å². The molecule has 0 atom stereocenters. The third-order valence-electron chi connectivity index (χ3n) is 3.39. The zero-order valence-corrected chi connectivity index (χ0v) is 15.6. The van der Waals surface area contributed by atoms with E-state index >= 15 is 0 Å². The monoisotopic (exact) mass is 375 g/mol. The van der Waals surface area contributed by atoms with Crippen molar-refractivity contribution in [3.8, 4) is 0 Å². The number of anilines is 1. The summed E-state index contributed by atoms with van der Waals surface area (Å²) in [4.78, 5) is 26.1. The zero-order chi connectivity index (χ0) is 17.5. The summed E-state index contributed by atoms with van der Waals surface area (Å²) in [6, 6.07) is 6.80. The van der Waals surface area contributed by atoms with Crippen LogP contribution in [0.5, 0.6) is 0 Å². The summed E-state index contributed by atoms with van der Waals surface area (Å²) < 4.78 is 0. The second kappa shape index (κ2) is 9.82. The van der Waals surface area contributed by atoms with Crippen LogP contribution < -0.4 is 5.73 Å². The second-order valence-electron chi connectivity index (χ2n) is 5.61. The summed E-state index contributed by atoms with van der Waals surface area (Å²) >= 11 is 0. The van der Waals surface area contributed by atoms with Gasteiger partial charge in [-0.05, 0) is 43.3 Å². The van der Waals surface area contributed by atoms with Crippen LogP contribution in [0.1, 0.15) is 29.3 Å². The summed E-state index contributed by atoms with van der Waals surface area (Å²) in [5.41, 5.74) is 7.81. The van der Waals surface area contributed by atoms with Crippen LogP contribution in [0.2, 0.25) is 0 Å². The Morgan fingerprint density at radius 3 is 2.52 bits per heavy atom. The Morgan fingerprint density at radius 2 is 1.92 bits per heavy atom. The molecule has 1 heterocycles. The number of hydrogen-bond donors (Lipinski definition) is 1. The molecule has 25 heavy (non-hydrogen) atoms. The molecule has 0 aliphatic carbocycles. The van der Waals surface area contributed by atoms with Crippen LogP contribution in [0.15, 0.2) is 41.7 Å². The first-order chi connectivity index (χ1) is 11.5. The summed E-state index contributed by atoms with van der Waals surface area (Å²) in [5.74, 6) is 1.30. The number of aliphatic imine (C=N–C) groups is 1. The predicted octanol–water partition coefficient (Wildman–Crippen LogP) is 2.99. The third kappa shape index (κ3) is 6.57. The van der Waals surface area contributed by atoms with E-state index in [-0.39, 0.29) is 23.3 Å². The smallest absolute Gasteiger partial charge is 0.493 e. The second-order valence-corrected chi connectivity index (χ2v) is 5.61. The van der Waals surface area contributed by atoms with Crippen LogP contribution in [0.25, 0.3) is 0 Å². The Labute approximate surface area is 159 Å². The van der Waals surface area contributed by atoms with Crippen molar-refractivity contribution in [2.45, 2.75) is 20.3 Å². The van der Waals surface area contributed by atoms with Crippen molar-refractivity contribution in [3.63, 3.8) is 0 Å². The quantitative estimate of drug-likeness (QED) is 0.478. The van der Waals surface area contributed by atoms with Gasteiger partial charge in [0.05, 0.1) is 0 Å². The average molecular weight is 375 g/mol. The van der Waals surface area contributed by atoms with E-state index in [9.17, 15) is 4.79 Å². The van der Waals surface area contributed by atoms with Crippen LogP contribution in [0.4, 0.5) is 11.6 Å². The Hall–Kier alpha value is -2.36. The van der Waals surface area contributed by atoms with E-state index in [0.717, 1.165) is 11.5 Å². The standard InChI is InChI=1S/C18H21N5O.Cr/c1-13(10-20-18-21-11-14(2)12-22-18)8-9-23(3)17(24)15-4-6-16(19)7-5-15;/h4-7,10-12H,3,8-9,19H2,1-2H3;/q-2;+2/b20-10+;. The molecular weight excluding hydrogens is 354 g/mol. The molecule has 0 aliphatic heterocycles. The maximum absolute atomic E-state index is 12.2. The van der Waals surface area contributed by atoms with E-state index in [2.05, 4.69) is 22.0 Å². The van der Waals surface area contributed by atoms with Crippen molar-refractivity contribution >= 4 is 23.8 Å². The van der Waals surface area contributed by atoms with Crippen LogP contribution in [-0.4, -0.2) is 33.5 Å². The van der Waals surface area contributed by atoms with Gasteiger partial charge in [-0.3, -0.25) is 16.8 Å². The molecule has 0 unspecified atom stereocenters. The van der Waals surface area contributed by atoms with E-state index in [0.29, 0.717) is 30.2 Å². The molecule has 0 aliphatic rings. The fourth-order valence-corrected chi connectivity index (χ4v) is 1.91. The Morgan fingerprint density at radius 1 is 1.32 bits per heavy atom. The summed E-state index contributed by atoms with van der Waals surface area (Å²) in [6.45, 7) is 4.36. The summed E-state index contributed by atoms with van der Waals surface area (Å²) in [6.07, 6.45) is 5.82. The fourth-order valence-electron chi connectivity index (χ4n) is 1.91. The van der Waals surface area contributed by atoms with Gasteiger partial charge in [-0.2, -0.15) is 6.92 Å². The van der Waals surface area contributed by atoms with Gasteiger partial charge in [0, 0.05) is 23.6 Å². The molecule has 6 nitrogen and oxygen atoms in total. The normalized spacial score (nSPS) is 10.4. The van der Waals surface area contributed by atoms with Gasteiger partial charge in [-0.25, -0.2) is 9.97 Å². The molecule has 0 saturated carbocycles. The first kappa shape index (κ1) is 20.7. The van der Waals surface area contributed by atoms with E-state index in [1.54, 1.807) is 42.9 Å². The molecule has 130 valence electrons. The van der Waals surface area contributed by atoms with Crippen LogP contribution in [0, 0.1) is 19.9 Å². The van der Waals surface area contributed by atoms with Gasteiger partial charge >= 0.3 is 17.4 Å². The van der Waals surface area contributed by atoms with Crippen molar-refractivity contribution in [2.24, 2.45) is 4.99 Å². The number of aromatic nitrogens is 2. The van der Waals surface area contributed by atoms with Crippen LogP contribution >= 0.6 is 0 Å². The topological polar surface area (TPSA) is 84.5 Å². The number of hydrogen-bond acceptors (Lipinski definition) is 5. The Balaban J connectivity index is 0.00000312. The predicted molar refractivity (Wildman–Crippen MR) is 95.7 cm³/mol. The van der Waals surface area contributed by atoms with Crippen molar-refractivity contribution in [1.82, 2.24) is 14.9 Å². The SMILES string of the molecule is [CH2-]N(CC[C-](C)/C=N/c1ncc(C)cn1)C(=O)c1ccc(N)cc1.[Cr+2]. The molecule has 1 aromatic heterocycles. The molecule has 2 rings (SSSR count). The van der Waals surface area contributed by atoms with E-state index in [4.69, 9.17) is 5.73 Å². The van der Waals surface area contributed by atoms with E-state index < -0.39 is 0 Å². The minimum Gasteiger partial charge on any atom is -0.493 e. The summed E-state index contributed by atoms with van der Waals surface area (Å²) in [7, 11) is 3.81. The fraction of sp³-hybridized carbons (Fsp3) is 0.222. The number of rotatable bonds is 6. The Bertz CT molecular complexity index is 700.